The number of pyridine rings is 1. The fourth-order valence-electron chi connectivity index (χ4n) is 4.67. The van der Waals surface area contributed by atoms with Crippen LogP contribution in [0.5, 0.6) is 0 Å². The van der Waals surface area contributed by atoms with Gasteiger partial charge in [0.1, 0.15) is 9.71 Å². The molecule has 0 radical (unpaired) electrons. The fraction of sp³-hybridized carbons (Fsp3) is 0.391. The lowest BCUT2D eigenvalue weighted by molar-refractivity contribution is 0.0959. The maximum atomic E-state index is 12.6. The zero-order chi connectivity index (χ0) is 20.8. The molecule has 0 unspecified atom stereocenters. The average molecular weight is 441 g/mol. The normalized spacial score (nSPS) is 20.3. The van der Waals surface area contributed by atoms with E-state index in [1.165, 1.54) is 29.9 Å². The van der Waals surface area contributed by atoms with Crippen molar-refractivity contribution in [2.75, 3.05) is 30.3 Å². The zero-order valence-corrected chi connectivity index (χ0v) is 18.5. The number of hydrogen-bond donors (Lipinski definition) is 2. The largest absolute Gasteiger partial charge is 0.397 e. The van der Waals surface area contributed by atoms with Gasteiger partial charge in [0.15, 0.2) is 0 Å². The SMILES string of the molecule is Cc1ccc2c(N)c(C(=O)NCCc3ccc(N4CC5CC(C5)C4)cc3Cl)sc2n1. The molecule has 1 aromatic carbocycles. The summed E-state index contributed by atoms with van der Waals surface area (Å²) < 4.78 is 0. The predicted molar refractivity (Wildman–Crippen MR) is 125 cm³/mol. The summed E-state index contributed by atoms with van der Waals surface area (Å²) in [4.78, 5) is 20.9. The molecule has 30 heavy (non-hydrogen) atoms. The summed E-state index contributed by atoms with van der Waals surface area (Å²) in [5.74, 6) is 1.56. The first-order chi connectivity index (χ1) is 14.5. The van der Waals surface area contributed by atoms with Gasteiger partial charge >= 0.3 is 0 Å². The van der Waals surface area contributed by atoms with Crippen molar-refractivity contribution in [3.05, 3.63) is 51.5 Å². The lowest BCUT2D eigenvalue weighted by atomic mass is 9.71. The number of halogens is 1. The monoisotopic (exact) mass is 440 g/mol. The summed E-state index contributed by atoms with van der Waals surface area (Å²) in [5.41, 5.74) is 9.85. The summed E-state index contributed by atoms with van der Waals surface area (Å²) in [6, 6.07) is 10.1. The van der Waals surface area contributed by atoms with Crippen LogP contribution in [-0.2, 0) is 6.42 Å². The minimum Gasteiger partial charge on any atom is -0.397 e. The second-order valence-corrected chi connectivity index (χ2v) is 9.95. The van der Waals surface area contributed by atoms with Crippen LogP contribution in [0.4, 0.5) is 11.4 Å². The van der Waals surface area contributed by atoms with Gasteiger partial charge in [0.05, 0.1) is 5.69 Å². The topological polar surface area (TPSA) is 71.2 Å². The standard InChI is InChI=1S/C23H25ClN4OS/c1-13-2-5-18-20(25)21(30-23(18)27-13)22(29)26-7-6-16-3-4-17(10-19(16)24)28-11-14-8-15(9-14)12-28/h2-5,10,14-15H,6-9,11-12,25H2,1H3,(H,26,29). The number of nitrogens with one attached hydrogen (secondary N) is 1. The maximum Gasteiger partial charge on any atom is 0.263 e. The van der Waals surface area contributed by atoms with Gasteiger partial charge in [-0.1, -0.05) is 17.7 Å². The molecule has 2 aliphatic heterocycles. The molecule has 3 N–H and O–H groups in total. The van der Waals surface area contributed by atoms with E-state index in [4.69, 9.17) is 17.3 Å². The third-order valence-electron chi connectivity index (χ3n) is 6.31. The number of amides is 1. The molecule has 156 valence electrons. The van der Waals surface area contributed by atoms with E-state index in [0.717, 1.165) is 51.4 Å². The van der Waals surface area contributed by atoms with Crippen LogP contribution in [0.1, 0.15) is 33.8 Å². The number of carbonyl (C=O) groups is 1. The molecule has 2 bridgehead atoms. The van der Waals surface area contributed by atoms with E-state index in [1.54, 1.807) is 0 Å². The predicted octanol–water partition coefficient (Wildman–Crippen LogP) is 4.66. The van der Waals surface area contributed by atoms with E-state index >= 15 is 0 Å². The van der Waals surface area contributed by atoms with Crippen molar-refractivity contribution in [1.29, 1.82) is 0 Å². The zero-order valence-electron chi connectivity index (χ0n) is 17.0. The molecule has 0 spiro atoms. The number of nitrogens with two attached hydrogens (primary N) is 1. The van der Waals surface area contributed by atoms with Crippen molar-refractivity contribution >= 4 is 50.4 Å². The van der Waals surface area contributed by atoms with Crippen molar-refractivity contribution in [2.45, 2.75) is 26.2 Å². The highest BCUT2D eigenvalue weighted by Gasteiger charge is 2.37. The number of benzene rings is 1. The maximum absolute atomic E-state index is 12.6. The van der Waals surface area contributed by atoms with Gasteiger partial charge in [-0.05, 0) is 67.9 Å². The first-order valence-electron chi connectivity index (χ1n) is 10.4. The lowest BCUT2D eigenvalue weighted by Crippen LogP contribution is -2.48. The van der Waals surface area contributed by atoms with Gasteiger partial charge in [-0.25, -0.2) is 4.98 Å². The van der Waals surface area contributed by atoms with Crippen LogP contribution >= 0.6 is 22.9 Å². The van der Waals surface area contributed by atoms with E-state index in [1.807, 2.05) is 19.1 Å². The van der Waals surface area contributed by atoms with E-state index < -0.39 is 0 Å². The summed E-state index contributed by atoms with van der Waals surface area (Å²) in [5, 5.41) is 4.58. The number of aryl methyl sites for hydroxylation is 1. The van der Waals surface area contributed by atoms with E-state index in [-0.39, 0.29) is 5.91 Å². The van der Waals surface area contributed by atoms with Crippen LogP contribution in [0, 0.1) is 18.8 Å². The van der Waals surface area contributed by atoms with Crippen molar-refractivity contribution in [1.82, 2.24) is 10.3 Å². The Labute approximate surface area is 185 Å². The molecule has 0 atom stereocenters. The van der Waals surface area contributed by atoms with Gasteiger partial charge in [0.25, 0.3) is 5.91 Å². The second kappa shape index (κ2) is 7.75. The third-order valence-corrected chi connectivity index (χ3v) is 7.78. The molecule has 1 aliphatic carbocycles. The molecule has 1 saturated carbocycles. The number of nitrogen functional groups attached to an aromatic ring is 1. The van der Waals surface area contributed by atoms with Crippen LogP contribution in [0.25, 0.3) is 10.2 Å². The van der Waals surface area contributed by atoms with Crippen LogP contribution in [0.3, 0.4) is 0 Å². The molecular weight excluding hydrogens is 416 g/mol. The number of piperidine rings is 2. The molecule has 3 aliphatic rings. The number of hydrogen-bond acceptors (Lipinski definition) is 5. The molecule has 1 amide bonds. The van der Waals surface area contributed by atoms with Gasteiger partial charge in [-0.2, -0.15) is 0 Å². The highest BCUT2D eigenvalue weighted by atomic mass is 35.5. The quantitative estimate of drug-likeness (QED) is 0.605. The van der Waals surface area contributed by atoms with E-state index in [0.29, 0.717) is 23.5 Å². The smallest absolute Gasteiger partial charge is 0.263 e. The van der Waals surface area contributed by atoms with Crippen LogP contribution in [0.15, 0.2) is 30.3 Å². The summed E-state index contributed by atoms with van der Waals surface area (Å²) >= 11 is 7.89. The molecule has 4 heterocycles. The Morgan fingerprint density at radius 3 is 2.77 bits per heavy atom. The Hall–Kier alpha value is -2.31. The fourth-order valence-corrected chi connectivity index (χ4v) is 5.99. The summed E-state index contributed by atoms with van der Waals surface area (Å²) in [7, 11) is 0. The number of nitrogens with zero attached hydrogens (tertiary/aromatic N) is 2. The van der Waals surface area contributed by atoms with Gasteiger partial charge in [0, 0.05) is 41.4 Å². The number of fused-ring (bicyclic) bond motifs is 3. The first kappa shape index (κ1) is 19.6. The average Bonchev–Trinajstić information content (AvgIpc) is 3.04. The molecule has 5 nitrogen and oxygen atoms in total. The minimum atomic E-state index is -0.159. The van der Waals surface area contributed by atoms with Gasteiger partial charge < -0.3 is 16.0 Å². The molecule has 6 rings (SSSR count). The van der Waals surface area contributed by atoms with Gasteiger partial charge in [-0.3, -0.25) is 4.79 Å². The summed E-state index contributed by atoms with van der Waals surface area (Å²) in [6.07, 6.45) is 3.46. The molecule has 3 fully saturated rings. The molecule has 7 heteroatoms. The van der Waals surface area contributed by atoms with Crippen LogP contribution < -0.4 is 16.0 Å². The van der Waals surface area contributed by atoms with Crippen molar-refractivity contribution in [2.24, 2.45) is 11.8 Å². The van der Waals surface area contributed by atoms with Crippen LogP contribution in [-0.4, -0.2) is 30.5 Å². The number of aromatic nitrogens is 1. The van der Waals surface area contributed by atoms with Crippen molar-refractivity contribution in [3.8, 4) is 0 Å². The van der Waals surface area contributed by atoms with Gasteiger partial charge in [0.2, 0.25) is 0 Å². The highest BCUT2D eigenvalue weighted by Crippen LogP contribution is 2.41. The Bertz CT molecular complexity index is 1110. The number of thiophene rings is 1. The molecular formula is C23H25ClN4OS. The second-order valence-electron chi connectivity index (χ2n) is 8.54. The van der Waals surface area contributed by atoms with E-state index in [9.17, 15) is 4.79 Å². The Morgan fingerprint density at radius 1 is 1.27 bits per heavy atom. The molecule has 2 aromatic heterocycles. The summed E-state index contributed by atoms with van der Waals surface area (Å²) in [6.45, 7) is 4.73. The Balaban J connectivity index is 1.21. The molecule has 3 aromatic rings. The van der Waals surface area contributed by atoms with Crippen molar-refractivity contribution < 1.29 is 4.79 Å². The lowest BCUT2D eigenvalue weighted by Gasteiger charge is -2.48. The first-order valence-corrected chi connectivity index (χ1v) is 11.6. The van der Waals surface area contributed by atoms with Gasteiger partial charge in [-0.15, -0.1) is 11.3 Å². The van der Waals surface area contributed by atoms with Crippen molar-refractivity contribution in [3.63, 3.8) is 0 Å². The minimum absolute atomic E-state index is 0.159. The number of rotatable bonds is 5. The third kappa shape index (κ3) is 3.63. The number of anilines is 2. The molecule has 2 saturated heterocycles. The highest BCUT2D eigenvalue weighted by molar-refractivity contribution is 7.21. The van der Waals surface area contributed by atoms with Crippen LogP contribution in [0.2, 0.25) is 5.02 Å². The Morgan fingerprint density at radius 2 is 2.03 bits per heavy atom. The van der Waals surface area contributed by atoms with E-state index in [2.05, 4.69) is 33.4 Å². The Kier molecular flexibility index (Phi) is 5.07. The number of carbonyl (C=O) groups excluding carboxylic acids is 1.